The van der Waals surface area contributed by atoms with Crippen LogP contribution in [0.3, 0.4) is 0 Å². The molecule has 4 heterocycles. The third-order valence-corrected chi connectivity index (χ3v) is 6.19. The summed E-state index contributed by atoms with van der Waals surface area (Å²) in [4.78, 5) is 37.2. The molecule has 1 unspecified atom stereocenters. The maximum Gasteiger partial charge on any atom is 0.290 e. The first-order chi connectivity index (χ1) is 12.5. The molecule has 3 aliphatic heterocycles. The van der Waals surface area contributed by atoms with Gasteiger partial charge in [0.1, 0.15) is 0 Å². The molecule has 3 saturated heterocycles. The Morgan fingerprint density at radius 3 is 2.77 bits per heavy atom. The molecule has 1 N–H and O–H groups in total. The molecule has 1 atom stereocenters. The topological polar surface area (TPSA) is 78.4 Å². The first kappa shape index (κ1) is 17.5. The lowest BCUT2D eigenvalue weighted by Gasteiger charge is -2.47. The summed E-state index contributed by atoms with van der Waals surface area (Å²) in [6, 6.07) is 1.77. The van der Waals surface area contributed by atoms with Gasteiger partial charge in [-0.1, -0.05) is 0 Å². The smallest absolute Gasteiger partial charge is 0.290 e. The number of nitrogens with zero attached hydrogens (tertiary/aromatic N) is 4. The van der Waals surface area contributed by atoms with Crippen LogP contribution >= 0.6 is 11.8 Å². The number of likely N-dealkylation sites (tertiary alicyclic amines) is 1. The zero-order chi connectivity index (χ0) is 18.1. The Hall–Kier alpha value is -1.93. The van der Waals surface area contributed by atoms with Gasteiger partial charge in [-0.15, -0.1) is 0 Å². The molecule has 1 aromatic heterocycles. The lowest BCUT2D eigenvalue weighted by Crippen LogP contribution is -2.51. The summed E-state index contributed by atoms with van der Waals surface area (Å²) >= 11 is 0.910. The van der Waals surface area contributed by atoms with Crippen molar-refractivity contribution in [2.45, 2.75) is 25.7 Å². The second kappa shape index (κ2) is 7.00. The molecule has 0 saturated carbocycles. The molecule has 8 heteroatoms. The van der Waals surface area contributed by atoms with Crippen molar-refractivity contribution in [2.24, 2.45) is 5.41 Å². The fourth-order valence-electron chi connectivity index (χ4n) is 4.32. The fraction of sp³-hybridized carbons (Fsp3) is 0.556. The summed E-state index contributed by atoms with van der Waals surface area (Å²) in [5.41, 5.74) is 0.985. The first-order valence-corrected chi connectivity index (χ1v) is 9.86. The van der Waals surface area contributed by atoms with Gasteiger partial charge in [-0.2, -0.15) is 0 Å². The second-order valence-corrected chi connectivity index (χ2v) is 8.51. The van der Waals surface area contributed by atoms with E-state index in [9.17, 15) is 9.59 Å². The van der Waals surface area contributed by atoms with Crippen LogP contribution in [0.15, 0.2) is 17.2 Å². The van der Waals surface area contributed by atoms with E-state index in [2.05, 4.69) is 32.1 Å². The lowest BCUT2D eigenvalue weighted by molar-refractivity contribution is -0.115. The molecule has 4 rings (SSSR count). The lowest BCUT2D eigenvalue weighted by atomic mass is 9.74. The maximum atomic E-state index is 11.7. The van der Waals surface area contributed by atoms with Crippen molar-refractivity contribution in [2.75, 3.05) is 38.1 Å². The number of nitrogens with one attached hydrogen (secondary N) is 1. The highest BCUT2D eigenvalue weighted by atomic mass is 32.2. The normalized spacial score (nSPS) is 28.8. The second-order valence-electron chi connectivity index (χ2n) is 7.50. The average molecular weight is 373 g/mol. The third-order valence-electron chi connectivity index (χ3n) is 5.38. The van der Waals surface area contributed by atoms with E-state index >= 15 is 0 Å². The van der Waals surface area contributed by atoms with Crippen molar-refractivity contribution in [3.63, 3.8) is 0 Å². The minimum Gasteiger partial charge on any atom is -0.340 e. The summed E-state index contributed by atoms with van der Waals surface area (Å²) in [5, 5.41) is 1.93. The summed E-state index contributed by atoms with van der Waals surface area (Å²) in [6.07, 6.45) is 8.30. The minimum absolute atomic E-state index is 0.330. The largest absolute Gasteiger partial charge is 0.340 e. The van der Waals surface area contributed by atoms with Gasteiger partial charge in [0.2, 0.25) is 5.95 Å². The Kier molecular flexibility index (Phi) is 4.71. The molecular formula is C18H23N5O2S. The number of aromatic nitrogens is 2. The number of amides is 2. The Morgan fingerprint density at radius 1 is 1.23 bits per heavy atom. The molecule has 7 nitrogen and oxygen atoms in total. The molecule has 0 aromatic carbocycles. The quantitative estimate of drug-likeness (QED) is 0.796. The van der Waals surface area contributed by atoms with Crippen LogP contribution in [-0.2, 0) is 4.79 Å². The van der Waals surface area contributed by atoms with Crippen molar-refractivity contribution in [3.05, 3.63) is 22.9 Å². The highest BCUT2D eigenvalue weighted by molar-refractivity contribution is 8.18. The molecule has 0 aliphatic carbocycles. The Morgan fingerprint density at radius 2 is 2.04 bits per heavy atom. The first-order valence-electron chi connectivity index (χ1n) is 9.04. The highest BCUT2D eigenvalue weighted by Crippen LogP contribution is 2.38. The summed E-state index contributed by atoms with van der Waals surface area (Å²) in [5.74, 6) is 0.351. The van der Waals surface area contributed by atoms with E-state index in [0.29, 0.717) is 22.0 Å². The highest BCUT2D eigenvalue weighted by Gasteiger charge is 2.39. The average Bonchev–Trinajstić information content (AvgIpc) is 2.92. The van der Waals surface area contributed by atoms with E-state index in [1.807, 2.05) is 0 Å². The third kappa shape index (κ3) is 3.61. The van der Waals surface area contributed by atoms with E-state index in [4.69, 9.17) is 0 Å². The number of rotatable bonds is 2. The molecular weight excluding hydrogens is 350 g/mol. The van der Waals surface area contributed by atoms with Crippen LogP contribution in [0.5, 0.6) is 0 Å². The van der Waals surface area contributed by atoms with Crippen molar-refractivity contribution in [1.29, 1.82) is 0 Å². The standard InChI is InChI=1S/C18H23N5O2S/c1-22-8-2-5-18(11-22)6-3-9-23(12-18)16-19-7-4-13(20-16)10-14-15(24)21-17(25)26-14/h4,7,10H,2-3,5-6,8-9,11-12H2,1H3,(H,21,24,25)/b14-10-. The predicted octanol–water partition coefficient (Wildman–Crippen LogP) is 2.11. The van der Waals surface area contributed by atoms with E-state index in [-0.39, 0.29) is 11.1 Å². The molecule has 0 bridgehead atoms. The van der Waals surface area contributed by atoms with Crippen molar-refractivity contribution < 1.29 is 9.59 Å². The summed E-state index contributed by atoms with van der Waals surface area (Å²) < 4.78 is 0. The van der Waals surface area contributed by atoms with Gasteiger partial charge in [-0.25, -0.2) is 9.97 Å². The predicted molar refractivity (Wildman–Crippen MR) is 102 cm³/mol. The van der Waals surface area contributed by atoms with Gasteiger partial charge in [0.05, 0.1) is 10.6 Å². The molecule has 1 aromatic rings. The fourth-order valence-corrected chi connectivity index (χ4v) is 4.98. The van der Waals surface area contributed by atoms with Gasteiger partial charge in [0, 0.05) is 31.2 Å². The molecule has 3 aliphatic rings. The summed E-state index contributed by atoms with van der Waals surface area (Å²) in [7, 11) is 2.20. The molecule has 1 spiro atoms. The SMILES string of the molecule is CN1CCCC2(CCCN(c3nccc(/C=C4\SC(=O)NC4=O)n3)C2)C1. The number of anilines is 1. The molecule has 2 amide bonds. The number of piperidine rings is 2. The number of hydrogen-bond donors (Lipinski definition) is 1. The van der Waals surface area contributed by atoms with Crippen LogP contribution in [0.4, 0.5) is 10.7 Å². The number of carbonyl (C=O) groups is 2. The Labute approximate surface area is 157 Å². The number of carbonyl (C=O) groups excluding carboxylic acids is 2. The zero-order valence-electron chi connectivity index (χ0n) is 14.9. The van der Waals surface area contributed by atoms with Crippen LogP contribution in [0.1, 0.15) is 31.4 Å². The van der Waals surface area contributed by atoms with Crippen molar-refractivity contribution >= 4 is 34.9 Å². The molecule has 0 radical (unpaired) electrons. The number of imide groups is 1. The molecule has 3 fully saturated rings. The van der Waals surface area contributed by atoms with Crippen LogP contribution in [0.25, 0.3) is 6.08 Å². The summed E-state index contributed by atoms with van der Waals surface area (Å²) in [6.45, 7) is 4.25. The van der Waals surface area contributed by atoms with Crippen molar-refractivity contribution in [1.82, 2.24) is 20.2 Å². The van der Waals surface area contributed by atoms with Gasteiger partial charge < -0.3 is 9.80 Å². The van der Waals surface area contributed by atoms with Gasteiger partial charge in [-0.3, -0.25) is 14.9 Å². The monoisotopic (exact) mass is 373 g/mol. The van der Waals surface area contributed by atoms with Gasteiger partial charge in [0.15, 0.2) is 0 Å². The Balaban J connectivity index is 1.54. The van der Waals surface area contributed by atoms with Gasteiger partial charge >= 0.3 is 0 Å². The molecule has 138 valence electrons. The van der Waals surface area contributed by atoms with E-state index < -0.39 is 0 Å². The van der Waals surface area contributed by atoms with Gasteiger partial charge in [0.25, 0.3) is 11.1 Å². The van der Waals surface area contributed by atoms with E-state index in [1.165, 1.54) is 25.8 Å². The van der Waals surface area contributed by atoms with E-state index in [0.717, 1.165) is 37.8 Å². The maximum absolute atomic E-state index is 11.7. The van der Waals surface area contributed by atoms with Crippen LogP contribution < -0.4 is 10.2 Å². The van der Waals surface area contributed by atoms with Crippen LogP contribution in [0.2, 0.25) is 0 Å². The Bertz CT molecular complexity index is 764. The number of hydrogen-bond acceptors (Lipinski definition) is 7. The van der Waals surface area contributed by atoms with Crippen molar-refractivity contribution in [3.8, 4) is 0 Å². The van der Waals surface area contributed by atoms with E-state index in [1.54, 1.807) is 18.3 Å². The zero-order valence-corrected chi connectivity index (χ0v) is 15.7. The van der Waals surface area contributed by atoms with Gasteiger partial charge in [-0.05, 0) is 63.2 Å². The number of thioether (sulfide) groups is 1. The molecule has 26 heavy (non-hydrogen) atoms. The van der Waals surface area contributed by atoms with Crippen LogP contribution in [-0.4, -0.2) is 59.2 Å². The van der Waals surface area contributed by atoms with Crippen LogP contribution in [0, 0.1) is 5.41 Å². The minimum atomic E-state index is -0.359.